The standard InChI is InChI=1S/C11H15NO2S/c1-11(2,3)15(14)12-10-6-4-9(8-13)5-7-10/h4-8,12H,1-3H3/t15-/m1/s1. The van der Waals surface area contributed by atoms with Crippen LogP contribution in [0.3, 0.4) is 0 Å². The van der Waals surface area contributed by atoms with Gasteiger partial charge in [0, 0.05) is 11.3 Å². The van der Waals surface area contributed by atoms with E-state index in [-0.39, 0.29) is 4.75 Å². The zero-order valence-corrected chi connectivity index (χ0v) is 9.93. The van der Waals surface area contributed by atoms with Crippen molar-refractivity contribution in [2.24, 2.45) is 0 Å². The van der Waals surface area contributed by atoms with Gasteiger partial charge >= 0.3 is 0 Å². The second-order valence-corrected chi connectivity index (χ2v) is 6.19. The number of benzene rings is 1. The van der Waals surface area contributed by atoms with Crippen molar-refractivity contribution in [1.29, 1.82) is 0 Å². The van der Waals surface area contributed by atoms with Crippen LogP contribution in [0.1, 0.15) is 31.1 Å². The largest absolute Gasteiger partial charge is 0.305 e. The Balaban J connectivity index is 2.74. The second-order valence-electron chi connectivity index (χ2n) is 4.22. The van der Waals surface area contributed by atoms with Gasteiger partial charge in [0.25, 0.3) is 0 Å². The van der Waals surface area contributed by atoms with Gasteiger partial charge in [-0.05, 0) is 45.0 Å². The number of nitrogens with one attached hydrogen (secondary N) is 1. The lowest BCUT2D eigenvalue weighted by atomic mass is 10.2. The molecular weight excluding hydrogens is 210 g/mol. The molecule has 15 heavy (non-hydrogen) atoms. The van der Waals surface area contributed by atoms with Crippen molar-refractivity contribution in [2.75, 3.05) is 4.72 Å². The highest BCUT2D eigenvalue weighted by atomic mass is 32.2. The first-order chi connectivity index (χ1) is 6.93. The summed E-state index contributed by atoms with van der Waals surface area (Å²) in [5.74, 6) is 0. The maximum Gasteiger partial charge on any atom is 0.150 e. The molecule has 1 N–H and O–H groups in total. The Labute approximate surface area is 92.5 Å². The van der Waals surface area contributed by atoms with Gasteiger partial charge in [-0.3, -0.25) is 4.79 Å². The van der Waals surface area contributed by atoms with Crippen LogP contribution >= 0.6 is 0 Å². The maximum absolute atomic E-state index is 11.7. The normalized spacial score (nSPS) is 13.3. The Hall–Kier alpha value is -1.16. The molecule has 0 saturated heterocycles. The monoisotopic (exact) mass is 225 g/mol. The van der Waals surface area contributed by atoms with Crippen LogP contribution in [0.2, 0.25) is 0 Å². The van der Waals surface area contributed by atoms with E-state index in [2.05, 4.69) is 4.72 Å². The lowest BCUT2D eigenvalue weighted by molar-refractivity contribution is 0.112. The fourth-order valence-corrected chi connectivity index (χ4v) is 1.55. The lowest BCUT2D eigenvalue weighted by Gasteiger charge is -2.18. The molecule has 0 radical (unpaired) electrons. The summed E-state index contributed by atoms with van der Waals surface area (Å²) >= 11 is 0. The number of aldehydes is 1. The summed E-state index contributed by atoms with van der Waals surface area (Å²) in [7, 11) is -1.14. The third-order valence-electron chi connectivity index (χ3n) is 1.81. The highest BCUT2D eigenvalue weighted by Crippen LogP contribution is 2.15. The lowest BCUT2D eigenvalue weighted by Crippen LogP contribution is -2.27. The van der Waals surface area contributed by atoms with Crippen molar-refractivity contribution < 1.29 is 9.00 Å². The predicted molar refractivity (Wildman–Crippen MR) is 63.3 cm³/mol. The predicted octanol–water partition coefficient (Wildman–Crippen LogP) is 2.37. The van der Waals surface area contributed by atoms with Crippen molar-refractivity contribution in [2.45, 2.75) is 25.5 Å². The van der Waals surface area contributed by atoms with Gasteiger partial charge in [0.05, 0.1) is 4.75 Å². The number of hydrogen-bond donors (Lipinski definition) is 1. The zero-order chi connectivity index (χ0) is 11.5. The molecule has 0 heterocycles. The highest BCUT2D eigenvalue weighted by molar-refractivity contribution is 7.87. The van der Waals surface area contributed by atoms with Crippen LogP contribution in [0.25, 0.3) is 0 Å². The van der Waals surface area contributed by atoms with E-state index in [1.165, 1.54) is 0 Å². The Morgan fingerprint density at radius 3 is 2.13 bits per heavy atom. The third-order valence-corrected chi connectivity index (χ3v) is 3.35. The van der Waals surface area contributed by atoms with Crippen molar-refractivity contribution in [1.82, 2.24) is 0 Å². The molecule has 4 heteroatoms. The molecule has 1 aromatic rings. The summed E-state index contributed by atoms with van der Waals surface area (Å²) in [6.45, 7) is 5.70. The Kier molecular flexibility index (Phi) is 3.63. The minimum absolute atomic E-state index is 0.302. The third kappa shape index (κ3) is 3.47. The summed E-state index contributed by atoms with van der Waals surface area (Å²) < 4.78 is 14.3. The molecule has 3 nitrogen and oxygen atoms in total. The van der Waals surface area contributed by atoms with Gasteiger partial charge in [0.15, 0.2) is 0 Å². The van der Waals surface area contributed by atoms with E-state index < -0.39 is 11.0 Å². The maximum atomic E-state index is 11.7. The first-order valence-corrected chi connectivity index (χ1v) is 5.82. The average molecular weight is 225 g/mol. The first kappa shape index (κ1) is 11.9. The van der Waals surface area contributed by atoms with E-state index in [1.54, 1.807) is 24.3 Å². The molecule has 0 fully saturated rings. The SMILES string of the molecule is CC(C)(C)[S@@](=O)Nc1ccc(C=O)cc1. The molecule has 1 atom stereocenters. The molecule has 0 aromatic heterocycles. The van der Waals surface area contributed by atoms with Crippen LogP contribution in [-0.4, -0.2) is 15.2 Å². The van der Waals surface area contributed by atoms with Gasteiger partial charge in [-0.15, -0.1) is 0 Å². The van der Waals surface area contributed by atoms with Crippen LogP contribution in [-0.2, 0) is 11.0 Å². The molecule has 0 aliphatic rings. The van der Waals surface area contributed by atoms with Crippen molar-refractivity contribution in [3.8, 4) is 0 Å². The number of hydrogen-bond acceptors (Lipinski definition) is 2. The fraction of sp³-hybridized carbons (Fsp3) is 0.364. The summed E-state index contributed by atoms with van der Waals surface area (Å²) in [5.41, 5.74) is 1.37. The van der Waals surface area contributed by atoms with Crippen molar-refractivity contribution in [3.63, 3.8) is 0 Å². The van der Waals surface area contributed by atoms with Gasteiger partial charge in [-0.1, -0.05) is 0 Å². The molecule has 1 aromatic carbocycles. The van der Waals surface area contributed by atoms with E-state index in [1.807, 2.05) is 20.8 Å². The smallest absolute Gasteiger partial charge is 0.150 e. The number of carbonyl (C=O) groups excluding carboxylic acids is 1. The quantitative estimate of drug-likeness (QED) is 0.803. The minimum Gasteiger partial charge on any atom is -0.305 e. The Morgan fingerprint density at radius 2 is 1.73 bits per heavy atom. The number of anilines is 1. The van der Waals surface area contributed by atoms with Crippen molar-refractivity contribution >= 4 is 23.0 Å². The molecule has 0 amide bonds. The summed E-state index contributed by atoms with van der Waals surface area (Å²) in [4.78, 5) is 10.4. The van der Waals surface area contributed by atoms with Gasteiger partial charge in [0.2, 0.25) is 0 Å². The van der Waals surface area contributed by atoms with Crippen LogP contribution in [0.15, 0.2) is 24.3 Å². The Morgan fingerprint density at radius 1 is 1.20 bits per heavy atom. The van der Waals surface area contributed by atoms with E-state index >= 15 is 0 Å². The molecule has 0 spiro atoms. The Bertz CT molecular complexity index is 365. The summed E-state index contributed by atoms with van der Waals surface area (Å²) in [6, 6.07) is 6.87. The van der Waals surface area contributed by atoms with Crippen LogP contribution in [0.5, 0.6) is 0 Å². The highest BCUT2D eigenvalue weighted by Gasteiger charge is 2.19. The van der Waals surface area contributed by atoms with Crippen molar-refractivity contribution in [3.05, 3.63) is 29.8 Å². The molecule has 0 saturated carbocycles. The summed E-state index contributed by atoms with van der Waals surface area (Å²) in [6.07, 6.45) is 0.782. The number of carbonyl (C=O) groups is 1. The first-order valence-electron chi connectivity index (χ1n) is 4.67. The van der Waals surface area contributed by atoms with E-state index in [4.69, 9.17) is 0 Å². The van der Waals surface area contributed by atoms with Gasteiger partial charge in [0.1, 0.15) is 17.3 Å². The molecule has 0 bridgehead atoms. The molecular formula is C11H15NO2S. The minimum atomic E-state index is -1.14. The average Bonchev–Trinajstić information content (AvgIpc) is 2.17. The second kappa shape index (κ2) is 4.57. The van der Waals surface area contributed by atoms with E-state index in [0.717, 1.165) is 12.0 Å². The molecule has 82 valence electrons. The van der Waals surface area contributed by atoms with E-state index in [0.29, 0.717) is 5.56 Å². The molecule has 0 unspecified atom stereocenters. The number of rotatable bonds is 3. The van der Waals surface area contributed by atoms with Gasteiger partial charge in [-0.25, -0.2) is 4.21 Å². The van der Waals surface area contributed by atoms with Gasteiger partial charge in [-0.2, -0.15) is 0 Å². The van der Waals surface area contributed by atoms with Crippen LogP contribution < -0.4 is 4.72 Å². The molecule has 0 aliphatic heterocycles. The fourth-order valence-electron chi connectivity index (χ4n) is 0.890. The van der Waals surface area contributed by atoms with Crippen LogP contribution in [0, 0.1) is 0 Å². The topological polar surface area (TPSA) is 46.2 Å². The van der Waals surface area contributed by atoms with Crippen LogP contribution in [0.4, 0.5) is 5.69 Å². The zero-order valence-electron chi connectivity index (χ0n) is 9.11. The summed E-state index contributed by atoms with van der Waals surface area (Å²) in [5, 5.41) is 0. The molecule has 0 aliphatic carbocycles. The van der Waals surface area contributed by atoms with E-state index in [9.17, 15) is 9.00 Å². The van der Waals surface area contributed by atoms with Gasteiger partial charge < -0.3 is 4.72 Å². The molecule has 1 rings (SSSR count).